The second-order valence-electron chi connectivity index (χ2n) is 13.7. The minimum Gasteiger partial charge on any atom is -0.0696 e. The number of hydrogen-bond acceptors (Lipinski definition) is 0. The van der Waals surface area contributed by atoms with Gasteiger partial charge in [-0.2, -0.15) is 0 Å². The maximum Gasteiger partial charge on any atom is 0.0524 e. The molecular weight excluding hydrogens is 381 g/mol. The molecule has 0 atom stereocenters. The molecule has 0 nitrogen and oxygen atoms in total. The standard InChI is InChI=1S/C20H52Si5/c1-21(2,3)13-17-25(18-14-22(4,5)6,19-15-23(7,8)9)20-16-24(10,11)12/h13-20H2,1-12H3. The molecule has 0 aliphatic rings. The van der Waals surface area contributed by atoms with Crippen LogP contribution in [0.2, 0.25) is 127 Å². The maximum atomic E-state index is 2.60. The first-order valence-corrected chi connectivity index (χ1v) is 28.5. The molecule has 0 aliphatic heterocycles. The van der Waals surface area contributed by atoms with Crippen molar-refractivity contribution < 1.29 is 0 Å². The molecule has 0 saturated carbocycles. The van der Waals surface area contributed by atoms with E-state index in [1.807, 2.05) is 0 Å². The molecule has 0 radical (unpaired) electrons. The van der Waals surface area contributed by atoms with Crippen molar-refractivity contribution in [3.63, 3.8) is 0 Å². The fourth-order valence-electron chi connectivity index (χ4n) is 3.31. The van der Waals surface area contributed by atoms with Gasteiger partial charge in [-0.1, -0.05) is 127 Å². The Morgan fingerprint density at radius 2 is 0.440 bits per heavy atom. The predicted octanol–water partition coefficient (Wildman–Crippen LogP) is 8.79. The summed E-state index contributed by atoms with van der Waals surface area (Å²) >= 11 is 0. The zero-order valence-electron chi connectivity index (χ0n) is 20.2. The van der Waals surface area contributed by atoms with Gasteiger partial charge in [-0.3, -0.25) is 0 Å². The van der Waals surface area contributed by atoms with E-state index in [9.17, 15) is 0 Å². The Labute approximate surface area is 167 Å². The Morgan fingerprint density at radius 1 is 0.280 bits per heavy atom. The van der Waals surface area contributed by atoms with Crippen LogP contribution in [0, 0.1) is 0 Å². The van der Waals surface area contributed by atoms with Crippen molar-refractivity contribution in [2.24, 2.45) is 0 Å². The van der Waals surface area contributed by atoms with E-state index in [2.05, 4.69) is 78.6 Å². The van der Waals surface area contributed by atoms with Crippen LogP contribution in [0.5, 0.6) is 0 Å². The monoisotopic (exact) mass is 432 g/mol. The van der Waals surface area contributed by atoms with Crippen LogP contribution in [-0.2, 0) is 0 Å². The summed E-state index contributed by atoms with van der Waals surface area (Å²) in [7, 11) is -4.79. The molecule has 0 unspecified atom stereocenters. The average molecular weight is 433 g/mol. The van der Waals surface area contributed by atoms with Gasteiger partial charge in [-0.05, 0) is 0 Å². The summed E-state index contributed by atoms with van der Waals surface area (Å²) in [4.78, 5) is 0. The zero-order chi connectivity index (χ0) is 20.2. The lowest BCUT2D eigenvalue weighted by Crippen LogP contribution is -2.41. The molecular formula is C20H52Si5. The Bertz CT molecular complexity index is 299. The largest absolute Gasteiger partial charge is 0.0696 e. The summed E-state index contributed by atoms with van der Waals surface area (Å²) in [5.41, 5.74) is 0. The third kappa shape index (κ3) is 15.8. The van der Waals surface area contributed by atoms with Crippen molar-refractivity contribution in [2.75, 3.05) is 0 Å². The van der Waals surface area contributed by atoms with Gasteiger partial charge < -0.3 is 0 Å². The lowest BCUT2D eigenvalue weighted by Gasteiger charge is -2.39. The van der Waals surface area contributed by atoms with E-state index in [0.717, 1.165) is 0 Å². The van der Waals surface area contributed by atoms with E-state index in [1.54, 1.807) is 48.4 Å². The summed E-state index contributed by atoms with van der Waals surface area (Å²) < 4.78 is 0. The lowest BCUT2D eigenvalue weighted by molar-refractivity contribution is 1.06. The average Bonchev–Trinajstić information content (AvgIpc) is 2.33. The molecule has 5 heteroatoms. The summed E-state index contributed by atoms with van der Waals surface area (Å²) in [5.74, 6) is 0. The van der Waals surface area contributed by atoms with Crippen LogP contribution in [-0.4, -0.2) is 40.4 Å². The van der Waals surface area contributed by atoms with Crippen molar-refractivity contribution in [1.82, 2.24) is 0 Å². The van der Waals surface area contributed by atoms with Crippen molar-refractivity contribution in [2.45, 2.75) is 127 Å². The van der Waals surface area contributed by atoms with Gasteiger partial charge in [0.2, 0.25) is 0 Å². The smallest absolute Gasteiger partial charge is 0.0524 e. The van der Waals surface area contributed by atoms with Crippen LogP contribution in [0.1, 0.15) is 0 Å². The van der Waals surface area contributed by atoms with Crippen LogP contribution in [0.15, 0.2) is 0 Å². The minimum atomic E-state index is -1.10. The Kier molecular flexibility index (Phi) is 9.94. The first-order chi connectivity index (χ1) is 10.8. The SMILES string of the molecule is C[Si](C)(C)CC[Si](CC[Si](C)(C)C)(CC[Si](C)(C)C)CC[Si](C)(C)C. The van der Waals surface area contributed by atoms with Crippen molar-refractivity contribution >= 4 is 40.4 Å². The molecule has 0 aromatic carbocycles. The maximum absolute atomic E-state index is 2.60. The summed E-state index contributed by atoms with van der Waals surface area (Å²) in [6, 6.07) is 13.1. The van der Waals surface area contributed by atoms with Gasteiger partial charge in [0.05, 0.1) is 8.07 Å². The highest BCUT2D eigenvalue weighted by atomic mass is 28.3. The molecule has 0 amide bonds. The Balaban J connectivity index is 5.41. The lowest BCUT2D eigenvalue weighted by atomic mass is 10.9. The molecule has 0 bridgehead atoms. The molecule has 0 rings (SSSR count). The molecule has 0 fully saturated rings. The molecule has 0 aromatic heterocycles. The van der Waals surface area contributed by atoms with Gasteiger partial charge in [0.25, 0.3) is 0 Å². The van der Waals surface area contributed by atoms with E-state index >= 15 is 0 Å². The quantitative estimate of drug-likeness (QED) is 0.270. The molecule has 25 heavy (non-hydrogen) atoms. The van der Waals surface area contributed by atoms with Crippen LogP contribution in [0.3, 0.4) is 0 Å². The summed E-state index contributed by atoms with van der Waals surface area (Å²) in [6.07, 6.45) is 0. The van der Waals surface area contributed by atoms with Crippen LogP contribution < -0.4 is 0 Å². The van der Waals surface area contributed by atoms with Crippen molar-refractivity contribution in [3.05, 3.63) is 0 Å². The van der Waals surface area contributed by atoms with E-state index in [1.165, 1.54) is 0 Å². The third-order valence-corrected chi connectivity index (χ3v) is 19.9. The molecule has 0 N–H and O–H groups in total. The Morgan fingerprint density at radius 3 is 0.560 bits per heavy atom. The Hall–Kier alpha value is 1.08. The van der Waals surface area contributed by atoms with E-state index < -0.39 is 40.4 Å². The van der Waals surface area contributed by atoms with Gasteiger partial charge in [0.1, 0.15) is 0 Å². The molecule has 0 aromatic rings. The van der Waals surface area contributed by atoms with Crippen LogP contribution in [0.25, 0.3) is 0 Å². The highest BCUT2D eigenvalue weighted by Gasteiger charge is 2.37. The fraction of sp³-hybridized carbons (Fsp3) is 1.00. The predicted molar refractivity (Wildman–Crippen MR) is 138 cm³/mol. The first-order valence-electron chi connectivity index (χ1n) is 10.8. The number of hydrogen-bond donors (Lipinski definition) is 0. The van der Waals surface area contributed by atoms with Crippen LogP contribution in [0.4, 0.5) is 0 Å². The highest BCUT2D eigenvalue weighted by molar-refractivity contribution is 6.88. The van der Waals surface area contributed by atoms with Gasteiger partial charge in [0, 0.05) is 32.3 Å². The molecule has 0 spiro atoms. The molecule has 0 saturated heterocycles. The normalized spacial score (nSPS) is 14.9. The zero-order valence-corrected chi connectivity index (χ0v) is 25.2. The number of rotatable bonds is 12. The summed E-state index contributed by atoms with van der Waals surface area (Å²) in [5, 5.41) is 0. The third-order valence-electron chi connectivity index (χ3n) is 5.62. The second kappa shape index (κ2) is 9.53. The minimum absolute atomic E-state index is 0.923. The second-order valence-corrected chi connectivity index (χ2v) is 41.2. The molecule has 0 heterocycles. The van der Waals surface area contributed by atoms with Crippen LogP contribution >= 0.6 is 0 Å². The van der Waals surface area contributed by atoms with E-state index in [0.29, 0.717) is 0 Å². The fourth-order valence-corrected chi connectivity index (χ4v) is 25.3. The highest BCUT2D eigenvalue weighted by Crippen LogP contribution is 2.39. The van der Waals surface area contributed by atoms with Gasteiger partial charge >= 0.3 is 0 Å². The van der Waals surface area contributed by atoms with Gasteiger partial charge in [0.15, 0.2) is 0 Å². The van der Waals surface area contributed by atoms with Crippen molar-refractivity contribution in [3.8, 4) is 0 Å². The topological polar surface area (TPSA) is 0 Å². The van der Waals surface area contributed by atoms with Gasteiger partial charge in [-0.15, -0.1) is 0 Å². The molecule has 152 valence electrons. The summed E-state index contributed by atoms with van der Waals surface area (Å²) in [6.45, 7) is 31.2. The van der Waals surface area contributed by atoms with Crippen molar-refractivity contribution in [1.29, 1.82) is 0 Å². The molecule has 0 aliphatic carbocycles. The first kappa shape index (κ1) is 26.1. The van der Waals surface area contributed by atoms with E-state index in [4.69, 9.17) is 0 Å². The van der Waals surface area contributed by atoms with Gasteiger partial charge in [-0.25, -0.2) is 0 Å². The van der Waals surface area contributed by atoms with E-state index in [-0.39, 0.29) is 0 Å².